The minimum Gasteiger partial charge on any atom is -0.339 e. The van der Waals surface area contributed by atoms with Crippen molar-refractivity contribution in [3.63, 3.8) is 0 Å². The van der Waals surface area contributed by atoms with Crippen LogP contribution >= 0.6 is 11.3 Å². The lowest BCUT2D eigenvalue weighted by Gasteiger charge is -2.21. The molecule has 29 heavy (non-hydrogen) atoms. The lowest BCUT2D eigenvalue weighted by Crippen LogP contribution is -2.28. The fraction of sp³-hybridized carbons (Fsp3) is 0.304. The summed E-state index contributed by atoms with van der Waals surface area (Å²) in [6, 6.07) is 13.2. The molecule has 6 heteroatoms. The van der Waals surface area contributed by atoms with Gasteiger partial charge in [0.2, 0.25) is 6.41 Å². The van der Waals surface area contributed by atoms with Crippen LogP contribution in [0.5, 0.6) is 0 Å². The number of thiazole rings is 1. The van der Waals surface area contributed by atoms with Gasteiger partial charge in [-0.15, -0.1) is 11.3 Å². The topological polar surface area (TPSA) is 45.2 Å². The summed E-state index contributed by atoms with van der Waals surface area (Å²) >= 11 is 1.64. The number of nitrogens with zero attached hydrogens (tertiary/aromatic N) is 2. The molecule has 2 aromatic carbocycles. The Morgan fingerprint density at radius 2 is 2.00 bits per heavy atom. The van der Waals surface area contributed by atoms with Crippen LogP contribution in [0, 0.1) is 5.82 Å². The van der Waals surface area contributed by atoms with Gasteiger partial charge in [0.1, 0.15) is 5.82 Å². The van der Waals surface area contributed by atoms with Crippen LogP contribution in [0.25, 0.3) is 11.3 Å². The summed E-state index contributed by atoms with van der Waals surface area (Å²) in [5.74, 6) is -0.222. The maximum Gasteiger partial charge on any atom is 0.210 e. The van der Waals surface area contributed by atoms with Gasteiger partial charge < -0.3 is 10.2 Å². The van der Waals surface area contributed by atoms with Crippen LogP contribution in [-0.4, -0.2) is 22.3 Å². The van der Waals surface area contributed by atoms with Crippen molar-refractivity contribution in [2.45, 2.75) is 45.7 Å². The van der Waals surface area contributed by atoms with E-state index in [0.29, 0.717) is 6.54 Å². The van der Waals surface area contributed by atoms with E-state index in [1.165, 1.54) is 10.9 Å². The third kappa shape index (κ3) is 4.32. The Morgan fingerprint density at radius 1 is 1.21 bits per heavy atom. The number of hydrogen-bond acceptors (Lipinski definition) is 4. The molecule has 0 spiro atoms. The predicted molar refractivity (Wildman–Crippen MR) is 116 cm³/mol. The third-order valence-electron chi connectivity index (χ3n) is 5.24. The van der Waals surface area contributed by atoms with Crippen molar-refractivity contribution in [2.75, 3.05) is 5.32 Å². The van der Waals surface area contributed by atoms with Crippen LogP contribution in [0.3, 0.4) is 0 Å². The smallest absolute Gasteiger partial charge is 0.210 e. The number of nitrogens with one attached hydrogen (secondary N) is 1. The highest BCUT2D eigenvalue weighted by Gasteiger charge is 2.20. The summed E-state index contributed by atoms with van der Waals surface area (Å²) in [7, 11) is 0. The molecule has 4 nitrogen and oxygen atoms in total. The molecular weight excluding hydrogens is 385 g/mol. The van der Waals surface area contributed by atoms with Gasteiger partial charge in [-0.2, -0.15) is 0 Å². The molecule has 0 fully saturated rings. The molecular formula is C23H24FN3OS. The van der Waals surface area contributed by atoms with Crippen molar-refractivity contribution in [3.8, 4) is 11.3 Å². The van der Waals surface area contributed by atoms with Gasteiger partial charge in [0, 0.05) is 28.7 Å². The quantitative estimate of drug-likeness (QED) is 0.543. The minimum atomic E-state index is -0.222. The lowest BCUT2D eigenvalue weighted by molar-refractivity contribution is -0.120. The monoisotopic (exact) mass is 409 g/mol. The average Bonchev–Trinajstić information content (AvgIpc) is 3.03. The fourth-order valence-corrected chi connectivity index (χ4v) is 4.62. The van der Waals surface area contributed by atoms with E-state index in [9.17, 15) is 9.18 Å². The van der Waals surface area contributed by atoms with Crippen LogP contribution in [0.15, 0.2) is 42.5 Å². The zero-order chi connectivity index (χ0) is 20.4. The molecule has 0 saturated carbocycles. The van der Waals surface area contributed by atoms with Gasteiger partial charge in [-0.25, -0.2) is 9.37 Å². The number of rotatable bonds is 6. The normalized spacial score (nSPS) is 12.8. The summed E-state index contributed by atoms with van der Waals surface area (Å²) < 4.78 is 13.8. The van der Waals surface area contributed by atoms with Crippen LogP contribution in [0.2, 0.25) is 0 Å². The van der Waals surface area contributed by atoms with Crippen molar-refractivity contribution >= 4 is 28.6 Å². The molecule has 1 aromatic heterocycles. The number of fused-ring (bicyclic) bond motifs is 3. The van der Waals surface area contributed by atoms with Crippen molar-refractivity contribution in [1.82, 2.24) is 9.88 Å². The summed E-state index contributed by atoms with van der Waals surface area (Å²) in [4.78, 5) is 18.9. The number of aryl methyl sites for hydroxylation is 2. The average molecular weight is 410 g/mol. The summed E-state index contributed by atoms with van der Waals surface area (Å²) in [5, 5.41) is 4.19. The van der Waals surface area contributed by atoms with Crippen LogP contribution in [-0.2, 0) is 24.2 Å². The second-order valence-corrected chi connectivity index (χ2v) is 8.72. The molecule has 0 unspecified atom stereocenters. The molecule has 1 amide bonds. The summed E-state index contributed by atoms with van der Waals surface area (Å²) in [6.45, 7) is 4.59. The predicted octanol–water partition coefficient (Wildman–Crippen LogP) is 5.55. The molecule has 0 aliphatic heterocycles. The van der Waals surface area contributed by atoms with Crippen molar-refractivity contribution < 1.29 is 9.18 Å². The van der Waals surface area contributed by atoms with E-state index in [4.69, 9.17) is 4.98 Å². The first-order chi connectivity index (χ1) is 14.0. The number of hydrogen-bond donors (Lipinski definition) is 1. The van der Waals surface area contributed by atoms with Crippen LogP contribution in [0.4, 0.5) is 15.2 Å². The lowest BCUT2D eigenvalue weighted by atomic mass is 10.0. The van der Waals surface area contributed by atoms with Crippen molar-refractivity contribution in [3.05, 3.63) is 64.3 Å². The highest BCUT2D eigenvalue weighted by molar-refractivity contribution is 7.16. The maximum atomic E-state index is 13.8. The van der Waals surface area contributed by atoms with Crippen LogP contribution in [0.1, 0.15) is 36.3 Å². The second-order valence-electron chi connectivity index (χ2n) is 7.64. The Labute approximate surface area is 174 Å². The van der Waals surface area contributed by atoms with E-state index in [0.717, 1.165) is 58.9 Å². The van der Waals surface area contributed by atoms with E-state index in [-0.39, 0.29) is 11.9 Å². The fourth-order valence-electron chi connectivity index (χ4n) is 3.58. The molecule has 0 radical (unpaired) electrons. The molecule has 1 aliphatic carbocycles. The van der Waals surface area contributed by atoms with Gasteiger partial charge in [0.25, 0.3) is 0 Å². The molecule has 3 aromatic rings. The van der Waals surface area contributed by atoms with Gasteiger partial charge in [-0.05, 0) is 68.5 Å². The number of benzene rings is 2. The Morgan fingerprint density at radius 3 is 2.72 bits per heavy atom. The van der Waals surface area contributed by atoms with Crippen LogP contribution < -0.4 is 5.32 Å². The highest BCUT2D eigenvalue weighted by Crippen LogP contribution is 2.38. The highest BCUT2D eigenvalue weighted by atomic mass is 32.1. The summed E-state index contributed by atoms with van der Waals surface area (Å²) in [5.41, 5.74) is 5.01. The van der Waals surface area contributed by atoms with Gasteiger partial charge in [0.05, 0.1) is 5.69 Å². The largest absolute Gasteiger partial charge is 0.339 e. The molecule has 0 atom stereocenters. The SMILES string of the molecule is CC(C)N(C=O)Cc1ccc(Nc2nc3c(s2)CCCc2ccc(F)cc2-3)cc1. The molecule has 4 rings (SSSR count). The molecule has 0 bridgehead atoms. The molecule has 1 N–H and O–H groups in total. The van der Waals surface area contributed by atoms with E-state index in [1.54, 1.807) is 22.3 Å². The Hall–Kier alpha value is -2.73. The van der Waals surface area contributed by atoms with E-state index < -0.39 is 0 Å². The summed E-state index contributed by atoms with van der Waals surface area (Å²) in [6.07, 6.45) is 3.85. The molecule has 0 saturated heterocycles. The number of halogens is 1. The first-order valence-electron chi connectivity index (χ1n) is 9.89. The van der Waals surface area contributed by atoms with E-state index in [1.807, 2.05) is 44.2 Å². The van der Waals surface area contributed by atoms with E-state index in [2.05, 4.69) is 5.32 Å². The number of aromatic nitrogens is 1. The zero-order valence-electron chi connectivity index (χ0n) is 16.6. The van der Waals surface area contributed by atoms with Gasteiger partial charge in [-0.1, -0.05) is 18.2 Å². The minimum absolute atomic E-state index is 0.170. The number of carbonyl (C=O) groups is 1. The Kier molecular flexibility index (Phi) is 5.62. The Bertz CT molecular complexity index is 1010. The third-order valence-corrected chi connectivity index (χ3v) is 6.27. The first-order valence-corrected chi connectivity index (χ1v) is 10.7. The first kappa shape index (κ1) is 19.6. The molecule has 150 valence electrons. The number of carbonyl (C=O) groups excluding carboxylic acids is 1. The number of amides is 1. The zero-order valence-corrected chi connectivity index (χ0v) is 17.4. The van der Waals surface area contributed by atoms with E-state index >= 15 is 0 Å². The van der Waals surface area contributed by atoms with Gasteiger partial charge in [0.15, 0.2) is 5.13 Å². The van der Waals surface area contributed by atoms with Crippen molar-refractivity contribution in [1.29, 1.82) is 0 Å². The molecule has 1 heterocycles. The maximum absolute atomic E-state index is 13.8. The number of anilines is 2. The second kappa shape index (κ2) is 8.33. The van der Waals surface area contributed by atoms with Gasteiger partial charge in [-0.3, -0.25) is 4.79 Å². The molecule has 1 aliphatic rings. The standard InChI is InChI=1S/C23H24FN3OS/c1-15(2)27(14-28)13-16-6-10-19(11-7-16)25-23-26-22-20-12-18(24)9-8-17(20)4-3-5-21(22)29-23/h6-12,14-15H,3-5,13H2,1-2H3,(H,25,26). The Balaban J connectivity index is 1.53. The van der Waals surface area contributed by atoms with Gasteiger partial charge >= 0.3 is 0 Å². The van der Waals surface area contributed by atoms with Crippen molar-refractivity contribution in [2.24, 2.45) is 0 Å².